The van der Waals surface area contributed by atoms with Crippen molar-refractivity contribution in [1.29, 1.82) is 0 Å². The van der Waals surface area contributed by atoms with Crippen LogP contribution in [-0.4, -0.2) is 37.1 Å². The first-order valence-corrected chi connectivity index (χ1v) is 6.01. The molecule has 0 radical (unpaired) electrons. The van der Waals surface area contributed by atoms with E-state index in [1.165, 1.54) is 0 Å². The minimum absolute atomic E-state index is 0.00213. The smallest absolute Gasteiger partial charge is 0.209 e. The predicted molar refractivity (Wildman–Crippen MR) is 66.2 cm³/mol. The van der Waals surface area contributed by atoms with Crippen LogP contribution in [0.15, 0.2) is 9.98 Å². The highest BCUT2D eigenvalue weighted by Crippen LogP contribution is 2.17. The highest BCUT2D eigenvalue weighted by molar-refractivity contribution is 5.93. The van der Waals surface area contributed by atoms with Crippen LogP contribution in [-0.2, 0) is 9.47 Å². The first kappa shape index (κ1) is 13.0. The summed E-state index contributed by atoms with van der Waals surface area (Å²) in [5, 5.41) is 0. The topological polar surface area (TPSA) is 43.2 Å². The maximum Gasteiger partial charge on any atom is 0.209 e. The zero-order chi connectivity index (χ0) is 12.1. The van der Waals surface area contributed by atoms with Crippen molar-refractivity contribution in [2.24, 2.45) is 15.9 Å². The maximum atomic E-state index is 5.54. The van der Waals surface area contributed by atoms with Crippen LogP contribution in [0.1, 0.15) is 34.6 Å². The Hall–Kier alpha value is -1.06. The van der Waals surface area contributed by atoms with Gasteiger partial charge in [-0.3, -0.25) is 0 Å². The Bertz CT molecular complexity index is 285. The largest absolute Gasteiger partial charge is 0.480 e. The molecule has 0 N–H and O–H groups in total. The number of nitrogens with zero attached hydrogens (tertiary/aromatic N) is 2. The van der Waals surface area contributed by atoms with Crippen molar-refractivity contribution >= 4 is 11.8 Å². The Morgan fingerprint density at radius 1 is 1.06 bits per heavy atom. The summed E-state index contributed by atoms with van der Waals surface area (Å²) in [4.78, 5) is 9.10. The molecule has 0 aromatic rings. The fraction of sp³-hybridized carbons (Fsp3) is 0.833. The van der Waals surface area contributed by atoms with Crippen molar-refractivity contribution in [3.8, 4) is 0 Å². The van der Waals surface area contributed by atoms with Gasteiger partial charge in [0.15, 0.2) is 0 Å². The van der Waals surface area contributed by atoms with E-state index in [0.29, 0.717) is 19.1 Å². The van der Waals surface area contributed by atoms with E-state index in [0.717, 1.165) is 11.8 Å². The lowest BCUT2D eigenvalue weighted by molar-refractivity contribution is 0.278. The van der Waals surface area contributed by atoms with Gasteiger partial charge in [0.2, 0.25) is 11.8 Å². The van der Waals surface area contributed by atoms with Gasteiger partial charge in [-0.25, -0.2) is 9.98 Å². The Morgan fingerprint density at radius 3 is 2.12 bits per heavy atom. The molecule has 0 saturated heterocycles. The van der Waals surface area contributed by atoms with Crippen molar-refractivity contribution in [2.75, 3.05) is 13.2 Å². The standard InChI is InChI=1S/C12H22N2O2/c1-6-15-11-9(5)13-12(16-7-2)10(14-11)8(3)4/h8-10H,6-7H2,1-5H3/t9?,10-/m1/s1. The SMILES string of the molecule is CCOC1=N[C@H](C(C)C)C(OCC)=NC1C. The van der Waals surface area contributed by atoms with E-state index in [1.54, 1.807) is 0 Å². The normalized spacial score (nSPS) is 25.1. The molecule has 0 amide bonds. The Morgan fingerprint density at radius 2 is 1.62 bits per heavy atom. The molecule has 1 rings (SSSR count). The van der Waals surface area contributed by atoms with Crippen molar-refractivity contribution in [2.45, 2.75) is 46.7 Å². The summed E-state index contributed by atoms with van der Waals surface area (Å²) in [6, 6.07) is -0.0331. The molecule has 92 valence electrons. The molecule has 0 aliphatic carbocycles. The van der Waals surface area contributed by atoms with Gasteiger partial charge < -0.3 is 9.47 Å². The molecular formula is C12H22N2O2. The summed E-state index contributed by atoms with van der Waals surface area (Å²) in [6.45, 7) is 11.4. The zero-order valence-electron chi connectivity index (χ0n) is 10.9. The lowest BCUT2D eigenvalue weighted by atomic mass is 10.0. The van der Waals surface area contributed by atoms with Crippen LogP contribution >= 0.6 is 0 Å². The molecule has 1 unspecified atom stereocenters. The summed E-state index contributed by atoms with van der Waals surface area (Å²) in [7, 11) is 0. The van der Waals surface area contributed by atoms with E-state index < -0.39 is 0 Å². The average molecular weight is 226 g/mol. The van der Waals surface area contributed by atoms with E-state index >= 15 is 0 Å². The Balaban J connectivity index is 2.85. The van der Waals surface area contributed by atoms with E-state index in [2.05, 4.69) is 23.8 Å². The van der Waals surface area contributed by atoms with E-state index in [9.17, 15) is 0 Å². The van der Waals surface area contributed by atoms with Crippen LogP contribution in [0.4, 0.5) is 0 Å². The lowest BCUT2D eigenvalue weighted by Gasteiger charge is -2.26. The van der Waals surface area contributed by atoms with E-state index in [1.807, 2.05) is 20.8 Å². The second-order valence-electron chi connectivity index (χ2n) is 4.17. The second kappa shape index (κ2) is 5.87. The zero-order valence-corrected chi connectivity index (χ0v) is 10.9. The molecule has 1 aliphatic heterocycles. The van der Waals surface area contributed by atoms with Gasteiger partial charge in [0, 0.05) is 0 Å². The van der Waals surface area contributed by atoms with Gasteiger partial charge in [-0.15, -0.1) is 0 Å². The highest BCUT2D eigenvalue weighted by Gasteiger charge is 2.28. The number of rotatable bonds is 3. The van der Waals surface area contributed by atoms with Gasteiger partial charge in [0.05, 0.1) is 13.2 Å². The van der Waals surface area contributed by atoms with Crippen LogP contribution in [0.25, 0.3) is 0 Å². The Labute approximate surface area is 97.8 Å². The molecule has 16 heavy (non-hydrogen) atoms. The number of hydrogen-bond donors (Lipinski definition) is 0. The molecule has 0 bridgehead atoms. The first-order valence-electron chi connectivity index (χ1n) is 6.01. The maximum absolute atomic E-state index is 5.54. The summed E-state index contributed by atoms with van der Waals surface area (Å²) < 4.78 is 11.0. The van der Waals surface area contributed by atoms with Gasteiger partial charge >= 0.3 is 0 Å². The van der Waals surface area contributed by atoms with Gasteiger partial charge in [-0.1, -0.05) is 13.8 Å². The van der Waals surface area contributed by atoms with Gasteiger partial charge in [-0.05, 0) is 26.7 Å². The van der Waals surface area contributed by atoms with Crippen molar-refractivity contribution in [3.63, 3.8) is 0 Å². The molecular weight excluding hydrogens is 204 g/mol. The molecule has 0 aromatic heterocycles. The van der Waals surface area contributed by atoms with Crippen molar-refractivity contribution < 1.29 is 9.47 Å². The second-order valence-corrected chi connectivity index (χ2v) is 4.17. The van der Waals surface area contributed by atoms with Crippen molar-refractivity contribution in [1.82, 2.24) is 0 Å². The minimum Gasteiger partial charge on any atom is -0.480 e. The summed E-state index contributed by atoms with van der Waals surface area (Å²) in [5.74, 6) is 1.84. The molecule has 0 fully saturated rings. The number of hydrogen-bond acceptors (Lipinski definition) is 4. The molecule has 1 aliphatic rings. The fourth-order valence-corrected chi connectivity index (χ4v) is 1.63. The number of aliphatic imine (C=N–C) groups is 2. The third-order valence-corrected chi connectivity index (χ3v) is 2.41. The van der Waals surface area contributed by atoms with Crippen LogP contribution in [0.3, 0.4) is 0 Å². The third kappa shape index (κ3) is 2.97. The molecule has 4 nitrogen and oxygen atoms in total. The molecule has 1 heterocycles. The van der Waals surface area contributed by atoms with Crippen LogP contribution in [0.5, 0.6) is 0 Å². The van der Waals surface area contributed by atoms with Crippen LogP contribution in [0.2, 0.25) is 0 Å². The van der Waals surface area contributed by atoms with Gasteiger partial charge in [0.1, 0.15) is 12.1 Å². The van der Waals surface area contributed by atoms with E-state index in [4.69, 9.17) is 9.47 Å². The lowest BCUT2D eigenvalue weighted by Crippen LogP contribution is -2.37. The molecule has 0 aromatic carbocycles. The molecule has 4 heteroatoms. The van der Waals surface area contributed by atoms with E-state index in [-0.39, 0.29) is 12.1 Å². The minimum atomic E-state index is -0.0310. The van der Waals surface area contributed by atoms with Crippen molar-refractivity contribution in [3.05, 3.63) is 0 Å². The fourth-order valence-electron chi connectivity index (χ4n) is 1.63. The quantitative estimate of drug-likeness (QED) is 0.741. The molecule has 0 spiro atoms. The molecule has 0 saturated carbocycles. The third-order valence-electron chi connectivity index (χ3n) is 2.41. The summed E-state index contributed by atoms with van der Waals surface area (Å²) in [5.41, 5.74) is 0. The van der Waals surface area contributed by atoms with Gasteiger partial charge in [0.25, 0.3) is 0 Å². The highest BCUT2D eigenvalue weighted by atomic mass is 16.5. The predicted octanol–water partition coefficient (Wildman–Crippen LogP) is 2.28. The van der Waals surface area contributed by atoms with Crippen LogP contribution < -0.4 is 0 Å². The average Bonchev–Trinajstić information content (AvgIpc) is 2.22. The van der Waals surface area contributed by atoms with Gasteiger partial charge in [-0.2, -0.15) is 0 Å². The Kier molecular flexibility index (Phi) is 4.77. The first-order chi connectivity index (χ1) is 7.60. The summed E-state index contributed by atoms with van der Waals surface area (Å²) >= 11 is 0. The monoisotopic (exact) mass is 226 g/mol. The molecule has 2 atom stereocenters. The number of ether oxygens (including phenoxy) is 2. The van der Waals surface area contributed by atoms with Crippen LogP contribution in [0, 0.1) is 5.92 Å². The summed E-state index contributed by atoms with van der Waals surface area (Å²) in [6.07, 6.45) is 0.